The zero-order valence-electron chi connectivity index (χ0n) is 9.93. The molecule has 1 aromatic heterocycles. The molecule has 0 aliphatic rings. The fraction of sp³-hybridized carbons (Fsp3) is 0.182. The van der Waals surface area contributed by atoms with Gasteiger partial charge in [-0.2, -0.15) is 4.07 Å². The number of benzene rings is 1. The first-order valence-corrected chi connectivity index (χ1v) is 5.95. The summed E-state index contributed by atoms with van der Waals surface area (Å²) in [6.45, 7) is 0. The van der Waals surface area contributed by atoms with Gasteiger partial charge < -0.3 is 10.1 Å². The Bertz CT molecular complexity index is 632. The predicted octanol–water partition coefficient (Wildman–Crippen LogP) is 0.781. The standard InChI is InChI=1S/C11H12N4O2S/c1-13-11(16)9-10(12)18-15(14-9)7-5-3-4-6-8(7)17-2/h3-6,12H,1-2H3,(H,13,16). The Morgan fingerprint density at radius 2 is 2.22 bits per heavy atom. The molecule has 0 atom stereocenters. The van der Waals surface area contributed by atoms with E-state index < -0.39 is 0 Å². The highest BCUT2D eigenvalue weighted by atomic mass is 32.1. The lowest BCUT2D eigenvalue weighted by atomic mass is 10.3. The van der Waals surface area contributed by atoms with E-state index in [4.69, 9.17) is 10.1 Å². The van der Waals surface area contributed by atoms with Crippen molar-refractivity contribution in [2.24, 2.45) is 0 Å². The first-order chi connectivity index (χ1) is 8.67. The third-order valence-electron chi connectivity index (χ3n) is 2.32. The quantitative estimate of drug-likeness (QED) is 0.859. The third-order valence-corrected chi connectivity index (χ3v) is 3.14. The number of hydrogen-bond acceptors (Lipinski definition) is 5. The van der Waals surface area contributed by atoms with Gasteiger partial charge in [0.25, 0.3) is 5.91 Å². The normalized spacial score (nSPS) is 10.1. The number of ether oxygens (including phenoxy) is 1. The van der Waals surface area contributed by atoms with Crippen LogP contribution in [0.5, 0.6) is 5.75 Å². The number of methoxy groups -OCH3 is 1. The predicted molar refractivity (Wildman–Crippen MR) is 67.2 cm³/mol. The van der Waals surface area contributed by atoms with Crippen molar-refractivity contribution >= 4 is 17.4 Å². The summed E-state index contributed by atoms with van der Waals surface area (Å²) >= 11 is 1.07. The Labute approximate surface area is 107 Å². The van der Waals surface area contributed by atoms with Crippen molar-refractivity contribution in [3.05, 3.63) is 34.6 Å². The minimum absolute atomic E-state index is 0.105. The van der Waals surface area contributed by atoms with Crippen LogP contribution in [0.2, 0.25) is 0 Å². The van der Waals surface area contributed by atoms with Crippen LogP contribution in [0.3, 0.4) is 0 Å². The molecule has 0 spiro atoms. The fourth-order valence-corrected chi connectivity index (χ4v) is 2.21. The van der Waals surface area contributed by atoms with Gasteiger partial charge in [-0.25, -0.2) is 0 Å². The molecule has 1 heterocycles. The molecular weight excluding hydrogens is 252 g/mol. The van der Waals surface area contributed by atoms with Crippen molar-refractivity contribution in [3.8, 4) is 11.4 Å². The first-order valence-electron chi connectivity index (χ1n) is 5.18. The van der Waals surface area contributed by atoms with E-state index >= 15 is 0 Å². The van der Waals surface area contributed by atoms with Gasteiger partial charge in [-0.05, 0) is 23.7 Å². The van der Waals surface area contributed by atoms with E-state index in [0.717, 1.165) is 11.5 Å². The molecule has 1 aromatic carbocycles. The molecule has 0 fully saturated rings. The lowest BCUT2D eigenvalue weighted by molar-refractivity contribution is 0.0956. The molecule has 94 valence electrons. The summed E-state index contributed by atoms with van der Waals surface area (Å²) in [5, 5.41) is 14.3. The number of nitrogens with one attached hydrogen (secondary N) is 2. The maximum Gasteiger partial charge on any atom is 0.274 e. The average Bonchev–Trinajstić information content (AvgIpc) is 2.79. The van der Waals surface area contributed by atoms with Gasteiger partial charge in [-0.3, -0.25) is 10.2 Å². The van der Waals surface area contributed by atoms with Gasteiger partial charge >= 0.3 is 0 Å². The van der Waals surface area contributed by atoms with Crippen LogP contribution >= 0.6 is 11.5 Å². The average molecular weight is 264 g/mol. The number of nitrogens with zero attached hydrogens (tertiary/aromatic N) is 2. The second-order valence-corrected chi connectivity index (χ2v) is 4.33. The van der Waals surface area contributed by atoms with Gasteiger partial charge in [0.1, 0.15) is 11.4 Å². The largest absolute Gasteiger partial charge is 0.494 e. The molecule has 0 aliphatic carbocycles. The fourth-order valence-electron chi connectivity index (χ4n) is 1.44. The molecule has 2 N–H and O–H groups in total. The second kappa shape index (κ2) is 5.01. The van der Waals surface area contributed by atoms with Gasteiger partial charge in [-0.15, -0.1) is 5.10 Å². The summed E-state index contributed by atoms with van der Waals surface area (Å²) in [6, 6.07) is 7.30. The van der Waals surface area contributed by atoms with Crippen molar-refractivity contribution in [2.75, 3.05) is 14.2 Å². The van der Waals surface area contributed by atoms with Crippen LogP contribution in [-0.4, -0.2) is 29.2 Å². The highest BCUT2D eigenvalue weighted by Gasteiger charge is 2.14. The van der Waals surface area contributed by atoms with E-state index in [1.165, 1.54) is 11.1 Å². The third kappa shape index (κ3) is 2.12. The van der Waals surface area contributed by atoms with Crippen molar-refractivity contribution in [1.29, 1.82) is 5.41 Å². The van der Waals surface area contributed by atoms with Crippen LogP contribution in [-0.2, 0) is 0 Å². The van der Waals surface area contributed by atoms with Crippen LogP contribution < -0.4 is 14.7 Å². The Morgan fingerprint density at radius 3 is 2.89 bits per heavy atom. The van der Waals surface area contributed by atoms with E-state index in [0.29, 0.717) is 11.4 Å². The number of hydrogen-bond donors (Lipinski definition) is 2. The summed E-state index contributed by atoms with van der Waals surface area (Å²) < 4.78 is 6.84. The number of aromatic nitrogens is 2. The Hall–Kier alpha value is -2.15. The molecule has 7 heteroatoms. The molecule has 6 nitrogen and oxygen atoms in total. The van der Waals surface area contributed by atoms with Crippen molar-refractivity contribution in [1.82, 2.24) is 14.5 Å². The number of carbonyl (C=O) groups excluding carboxylic acids is 1. The Balaban J connectivity index is 2.52. The summed E-state index contributed by atoms with van der Waals surface area (Å²) in [7, 11) is 3.07. The van der Waals surface area contributed by atoms with Gasteiger partial charge in [0.2, 0.25) is 0 Å². The Kier molecular flexibility index (Phi) is 3.42. The maximum atomic E-state index is 11.5. The van der Waals surface area contributed by atoms with Crippen LogP contribution in [0.4, 0.5) is 0 Å². The molecule has 0 unspecified atom stereocenters. The minimum Gasteiger partial charge on any atom is -0.494 e. The van der Waals surface area contributed by atoms with Crippen LogP contribution in [0.25, 0.3) is 5.69 Å². The monoisotopic (exact) mass is 264 g/mol. The van der Waals surface area contributed by atoms with Crippen molar-refractivity contribution in [2.45, 2.75) is 0 Å². The van der Waals surface area contributed by atoms with Crippen LogP contribution in [0.1, 0.15) is 10.5 Å². The lowest BCUT2D eigenvalue weighted by Gasteiger charge is -2.06. The molecule has 1 amide bonds. The van der Waals surface area contributed by atoms with Crippen molar-refractivity contribution < 1.29 is 9.53 Å². The minimum atomic E-state index is -0.370. The highest BCUT2D eigenvalue weighted by Crippen LogP contribution is 2.21. The molecule has 0 saturated carbocycles. The number of carbonyl (C=O) groups is 1. The zero-order valence-corrected chi connectivity index (χ0v) is 10.7. The SMILES string of the molecule is CNC(=O)c1nn(-c2ccccc2OC)sc1=N. The maximum absolute atomic E-state index is 11.5. The zero-order chi connectivity index (χ0) is 13.1. The molecule has 2 rings (SSSR count). The van der Waals surface area contributed by atoms with Crippen LogP contribution in [0, 0.1) is 5.41 Å². The summed E-state index contributed by atoms with van der Waals surface area (Å²) in [5.74, 6) is 0.268. The number of rotatable bonds is 3. The molecule has 0 bridgehead atoms. The second-order valence-electron chi connectivity index (χ2n) is 3.39. The van der Waals surface area contributed by atoms with Gasteiger partial charge in [0.05, 0.1) is 7.11 Å². The molecule has 0 aliphatic heterocycles. The van der Waals surface area contributed by atoms with Gasteiger partial charge in [-0.1, -0.05) is 12.1 Å². The summed E-state index contributed by atoms with van der Waals surface area (Å²) in [6.07, 6.45) is 0. The molecule has 0 saturated heterocycles. The van der Waals surface area contributed by atoms with E-state index in [1.54, 1.807) is 13.2 Å². The molecular formula is C11H12N4O2S. The summed E-state index contributed by atoms with van der Waals surface area (Å²) in [5.41, 5.74) is 0.807. The number of amides is 1. The topological polar surface area (TPSA) is 80.0 Å². The Morgan fingerprint density at radius 1 is 1.50 bits per heavy atom. The molecule has 0 radical (unpaired) electrons. The van der Waals surface area contributed by atoms with Gasteiger partial charge in [0, 0.05) is 7.05 Å². The van der Waals surface area contributed by atoms with E-state index in [1.807, 2.05) is 18.2 Å². The van der Waals surface area contributed by atoms with E-state index in [9.17, 15) is 4.79 Å². The smallest absolute Gasteiger partial charge is 0.274 e. The van der Waals surface area contributed by atoms with E-state index in [2.05, 4.69) is 10.4 Å². The lowest BCUT2D eigenvalue weighted by Crippen LogP contribution is -2.23. The van der Waals surface area contributed by atoms with E-state index in [-0.39, 0.29) is 16.3 Å². The van der Waals surface area contributed by atoms with Gasteiger partial charge in [0.15, 0.2) is 10.4 Å². The molecule has 2 aromatic rings. The molecule has 18 heavy (non-hydrogen) atoms. The first kappa shape index (κ1) is 12.3. The van der Waals surface area contributed by atoms with Crippen LogP contribution in [0.15, 0.2) is 24.3 Å². The number of para-hydroxylation sites is 2. The summed E-state index contributed by atoms with van der Waals surface area (Å²) in [4.78, 5) is 11.5. The highest BCUT2D eigenvalue weighted by molar-refractivity contribution is 7.04. The van der Waals surface area contributed by atoms with Crippen molar-refractivity contribution in [3.63, 3.8) is 0 Å².